The topological polar surface area (TPSA) is 145 Å². The van der Waals surface area contributed by atoms with Gasteiger partial charge in [0, 0.05) is 49.6 Å². The summed E-state index contributed by atoms with van der Waals surface area (Å²) in [4.78, 5) is 76.9. The highest BCUT2D eigenvalue weighted by Gasteiger charge is 2.18. The SMILES string of the molecule is CCCCCCCCSSC(=O)OCCn1c(=O)n(CCOC(=O)SSCCCCCCCC)c(=O)n(CCOC(=O)SSCCCCCCCC)c1=O. The maximum Gasteiger partial charge on any atom is 0.378 e. The Bertz CT molecular complexity index is 1150. The molecule has 1 aromatic heterocycles. The van der Waals surface area contributed by atoms with Gasteiger partial charge in [0.2, 0.25) is 0 Å². The lowest BCUT2D eigenvalue weighted by atomic mass is 10.1. The molecular weight excluding hydrogens is 811 g/mol. The molecule has 0 saturated carbocycles. The van der Waals surface area contributed by atoms with Crippen LogP contribution in [0.2, 0.25) is 0 Å². The quantitative estimate of drug-likeness (QED) is 0.0285. The van der Waals surface area contributed by atoms with Gasteiger partial charge in [0.25, 0.3) is 0 Å². The Morgan fingerprint density at radius 1 is 0.407 bits per heavy atom. The number of aromatic nitrogens is 3. The number of ether oxygens (including phenoxy) is 3. The van der Waals surface area contributed by atoms with Crippen LogP contribution in [0.5, 0.6) is 0 Å². The van der Waals surface area contributed by atoms with Crippen LogP contribution in [-0.2, 0) is 33.8 Å². The van der Waals surface area contributed by atoms with Crippen LogP contribution in [0.25, 0.3) is 0 Å². The molecule has 0 aliphatic carbocycles. The number of hydrogen-bond donors (Lipinski definition) is 0. The minimum Gasteiger partial charge on any atom is -0.455 e. The summed E-state index contributed by atoms with van der Waals surface area (Å²) in [6, 6.07) is 0. The van der Waals surface area contributed by atoms with Gasteiger partial charge in [-0.05, 0) is 19.3 Å². The van der Waals surface area contributed by atoms with Crippen LogP contribution < -0.4 is 17.1 Å². The molecule has 0 aromatic carbocycles. The lowest BCUT2D eigenvalue weighted by Crippen LogP contribution is -2.55. The molecule has 1 rings (SSSR count). The summed E-state index contributed by atoms with van der Waals surface area (Å²) >= 11 is 0. The fraction of sp³-hybridized carbons (Fsp3) is 0.833. The Morgan fingerprint density at radius 3 is 0.907 bits per heavy atom. The molecule has 0 atom stereocenters. The van der Waals surface area contributed by atoms with Crippen LogP contribution >= 0.6 is 64.8 Å². The first-order chi connectivity index (χ1) is 26.3. The predicted molar refractivity (Wildman–Crippen MR) is 234 cm³/mol. The predicted octanol–water partition coefficient (Wildman–Crippen LogP) is 10.8. The summed E-state index contributed by atoms with van der Waals surface area (Å²) in [5.41, 5.74) is -2.74. The highest BCUT2D eigenvalue weighted by molar-refractivity contribution is 8.82. The first-order valence-electron chi connectivity index (χ1n) is 19.6. The summed E-state index contributed by atoms with van der Waals surface area (Å²) in [6.45, 7) is 4.87. The van der Waals surface area contributed by atoms with Gasteiger partial charge in [-0.25, -0.2) is 42.5 Å². The molecule has 0 radical (unpaired) electrons. The van der Waals surface area contributed by atoms with Crippen LogP contribution in [0.3, 0.4) is 0 Å². The maximum absolute atomic E-state index is 13.3. The molecule has 1 aromatic rings. The Balaban J connectivity index is 2.76. The van der Waals surface area contributed by atoms with Gasteiger partial charge in [-0.1, -0.05) is 149 Å². The zero-order valence-electron chi connectivity index (χ0n) is 32.6. The summed E-state index contributed by atoms with van der Waals surface area (Å²) < 4.78 is 18.2. The molecule has 12 nitrogen and oxygen atoms in total. The monoisotopic (exact) mass is 873 g/mol. The van der Waals surface area contributed by atoms with Crippen molar-refractivity contribution in [2.75, 3.05) is 37.1 Å². The van der Waals surface area contributed by atoms with E-state index in [1.165, 1.54) is 109 Å². The molecule has 0 unspecified atom stereocenters. The van der Waals surface area contributed by atoms with E-state index in [1.54, 1.807) is 0 Å². The van der Waals surface area contributed by atoms with Gasteiger partial charge in [0.15, 0.2) is 0 Å². The summed E-state index contributed by atoms with van der Waals surface area (Å²) in [6.07, 6.45) is 20.8. The molecule has 312 valence electrons. The number of hydrogen-bond acceptors (Lipinski definition) is 15. The van der Waals surface area contributed by atoms with E-state index >= 15 is 0 Å². The van der Waals surface area contributed by atoms with Crippen molar-refractivity contribution in [2.45, 2.75) is 156 Å². The summed E-state index contributed by atoms with van der Waals surface area (Å²) in [5.74, 6) is 2.43. The standard InChI is InChI=1S/C36H63N3O9S6/c1-4-7-10-13-16-19-28-49-52-34(43)46-25-22-37-31(40)38(23-26-47-35(44)53-50-29-20-17-14-11-8-5-2)33(42)39(32(37)41)24-27-48-36(45)54-51-30-21-18-15-12-9-6-3/h4-30H2,1-3H3. The fourth-order valence-electron chi connectivity index (χ4n) is 5.08. The van der Waals surface area contributed by atoms with Gasteiger partial charge < -0.3 is 14.2 Å². The third-order valence-electron chi connectivity index (χ3n) is 8.11. The highest BCUT2D eigenvalue weighted by Crippen LogP contribution is 2.27. The molecule has 0 fully saturated rings. The van der Waals surface area contributed by atoms with Crippen molar-refractivity contribution in [2.24, 2.45) is 0 Å². The lowest BCUT2D eigenvalue weighted by molar-refractivity contribution is 0.162. The highest BCUT2D eigenvalue weighted by atomic mass is 33.1. The molecule has 0 saturated heterocycles. The average Bonchev–Trinajstić information content (AvgIpc) is 3.15. The Kier molecular flexibility index (Phi) is 33.1. The summed E-state index contributed by atoms with van der Waals surface area (Å²) in [7, 11) is 7.12. The third-order valence-corrected chi connectivity index (χ3v) is 14.4. The van der Waals surface area contributed by atoms with Gasteiger partial charge in [-0.3, -0.25) is 0 Å². The third kappa shape index (κ3) is 25.2. The molecular formula is C36H63N3O9S6. The van der Waals surface area contributed by atoms with Gasteiger partial charge in [0.05, 0.1) is 19.6 Å². The normalized spacial score (nSPS) is 11.2. The second-order valence-corrected chi connectivity index (χ2v) is 19.7. The number of carbonyl (C=O) groups is 3. The maximum atomic E-state index is 13.3. The lowest BCUT2D eigenvalue weighted by Gasteiger charge is -2.14. The number of carbonyl (C=O) groups excluding carboxylic acids is 3. The molecule has 0 bridgehead atoms. The molecule has 0 N–H and O–H groups in total. The van der Waals surface area contributed by atoms with Crippen LogP contribution in [-0.4, -0.2) is 66.7 Å². The van der Waals surface area contributed by atoms with Crippen molar-refractivity contribution >= 4 is 80.7 Å². The number of unbranched alkanes of at least 4 members (excludes halogenated alkanes) is 15. The molecule has 0 spiro atoms. The van der Waals surface area contributed by atoms with Gasteiger partial charge in [-0.2, -0.15) is 0 Å². The van der Waals surface area contributed by atoms with Crippen LogP contribution in [0.4, 0.5) is 14.4 Å². The minimum absolute atomic E-state index is 0.264. The van der Waals surface area contributed by atoms with E-state index in [4.69, 9.17) is 14.2 Å². The molecule has 1 heterocycles. The van der Waals surface area contributed by atoms with E-state index in [2.05, 4.69) is 20.8 Å². The van der Waals surface area contributed by atoms with Crippen molar-refractivity contribution in [1.29, 1.82) is 0 Å². The van der Waals surface area contributed by atoms with E-state index in [1.807, 2.05) is 0 Å². The van der Waals surface area contributed by atoms with Crippen molar-refractivity contribution in [3.63, 3.8) is 0 Å². The first kappa shape index (κ1) is 50.9. The Hall–Kier alpha value is -1.08. The average molecular weight is 874 g/mol. The van der Waals surface area contributed by atoms with Crippen molar-refractivity contribution < 1.29 is 28.6 Å². The Labute approximate surface area is 345 Å². The molecule has 18 heteroatoms. The number of rotatable bonds is 33. The largest absolute Gasteiger partial charge is 0.455 e. The van der Waals surface area contributed by atoms with Crippen molar-refractivity contribution in [1.82, 2.24) is 13.7 Å². The van der Waals surface area contributed by atoms with Crippen LogP contribution in [0.1, 0.15) is 136 Å². The van der Waals surface area contributed by atoms with E-state index in [-0.39, 0.29) is 39.5 Å². The molecule has 54 heavy (non-hydrogen) atoms. The zero-order valence-corrected chi connectivity index (χ0v) is 37.5. The molecule has 0 aliphatic heterocycles. The smallest absolute Gasteiger partial charge is 0.378 e. The van der Waals surface area contributed by atoms with Crippen molar-refractivity contribution in [3.8, 4) is 0 Å². The van der Waals surface area contributed by atoms with E-state index in [0.717, 1.165) is 102 Å². The minimum atomic E-state index is -0.915. The van der Waals surface area contributed by atoms with Gasteiger partial charge >= 0.3 is 33.0 Å². The first-order valence-corrected chi connectivity index (χ1v) is 26.5. The number of nitrogens with zero attached hydrogens (tertiary/aromatic N) is 3. The summed E-state index contributed by atoms with van der Waals surface area (Å²) in [5, 5.41) is -1.61. The zero-order chi connectivity index (χ0) is 39.7. The second-order valence-electron chi connectivity index (χ2n) is 12.6. The van der Waals surface area contributed by atoms with Gasteiger partial charge in [-0.15, -0.1) is 0 Å². The van der Waals surface area contributed by atoms with E-state index < -0.39 is 33.0 Å². The Morgan fingerprint density at radius 2 is 0.648 bits per heavy atom. The van der Waals surface area contributed by atoms with Crippen molar-refractivity contribution in [3.05, 3.63) is 31.5 Å². The van der Waals surface area contributed by atoms with E-state index in [0.29, 0.717) is 0 Å². The van der Waals surface area contributed by atoms with Crippen LogP contribution in [0, 0.1) is 0 Å². The molecule has 0 amide bonds. The molecule has 0 aliphatic rings. The van der Waals surface area contributed by atoms with Gasteiger partial charge in [0.1, 0.15) is 19.8 Å². The second kappa shape index (κ2) is 35.1. The van der Waals surface area contributed by atoms with Crippen LogP contribution in [0.15, 0.2) is 14.4 Å². The fourth-order valence-corrected chi connectivity index (χ4v) is 10.1. The van der Waals surface area contributed by atoms with E-state index in [9.17, 15) is 28.8 Å².